The molecule has 0 radical (unpaired) electrons. The van der Waals surface area contributed by atoms with Crippen molar-refractivity contribution in [3.05, 3.63) is 57.7 Å². The van der Waals surface area contributed by atoms with Crippen LogP contribution < -0.4 is 11.1 Å². The smallest absolute Gasteiger partial charge is 0.0612 e. The molecule has 0 aliphatic heterocycles. The zero-order valence-corrected chi connectivity index (χ0v) is 15.5. The first-order chi connectivity index (χ1) is 12.2. The molecule has 3 nitrogen and oxygen atoms in total. The molecule has 0 bridgehead atoms. The van der Waals surface area contributed by atoms with Crippen molar-refractivity contribution >= 4 is 45.5 Å². The van der Waals surface area contributed by atoms with E-state index < -0.39 is 0 Å². The Labute approximate surface area is 157 Å². The first-order valence-corrected chi connectivity index (χ1v) is 9.49. The molecule has 4 rings (SSSR count). The fraction of sp³-hybridized carbons (Fsp3) is 0.300. The Balaban J connectivity index is 1.75. The molecule has 0 unspecified atom stereocenters. The van der Waals surface area contributed by atoms with Gasteiger partial charge in [-0.05, 0) is 67.6 Å². The van der Waals surface area contributed by atoms with Crippen molar-refractivity contribution in [2.45, 2.75) is 32.2 Å². The molecule has 3 aromatic rings. The van der Waals surface area contributed by atoms with Crippen LogP contribution in [0.4, 0.5) is 11.4 Å². The molecule has 1 aliphatic rings. The van der Waals surface area contributed by atoms with Gasteiger partial charge in [-0.25, -0.2) is 0 Å². The summed E-state index contributed by atoms with van der Waals surface area (Å²) in [5.74, 6) is 0. The van der Waals surface area contributed by atoms with E-state index in [0.717, 1.165) is 30.8 Å². The number of halogens is 2. The van der Waals surface area contributed by atoms with Crippen molar-refractivity contribution in [1.82, 2.24) is 4.57 Å². The number of hydrogen-bond acceptors (Lipinski definition) is 2. The summed E-state index contributed by atoms with van der Waals surface area (Å²) in [6, 6.07) is 12.2. The van der Waals surface area contributed by atoms with Gasteiger partial charge >= 0.3 is 0 Å². The van der Waals surface area contributed by atoms with Gasteiger partial charge in [-0.15, -0.1) is 0 Å². The summed E-state index contributed by atoms with van der Waals surface area (Å²) in [4.78, 5) is 0. The van der Waals surface area contributed by atoms with E-state index in [-0.39, 0.29) is 0 Å². The van der Waals surface area contributed by atoms with Gasteiger partial charge in [0.15, 0.2) is 0 Å². The van der Waals surface area contributed by atoms with Crippen LogP contribution in [0.2, 0.25) is 10.0 Å². The molecule has 0 spiro atoms. The van der Waals surface area contributed by atoms with Crippen molar-refractivity contribution in [1.29, 1.82) is 0 Å². The molecule has 0 amide bonds. The molecule has 0 atom stereocenters. The van der Waals surface area contributed by atoms with E-state index in [4.69, 9.17) is 28.9 Å². The highest BCUT2D eigenvalue weighted by atomic mass is 35.5. The Kier molecular flexibility index (Phi) is 4.63. The molecule has 2 aromatic carbocycles. The van der Waals surface area contributed by atoms with E-state index in [9.17, 15) is 0 Å². The van der Waals surface area contributed by atoms with Crippen LogP contribution in [0.15, 0.2) is 36.4 Å². The van der Waals surface area contributed by atoms with Crippen LogP contribution in [0.5, 0.6) is 0 Å². The second-order valence-electron chi connectivity index (χ2n) is 6.56. The number of nitrogens with two attached hydrogens (primary N) is 1. The van der Waals surface area contributed by atoms with E-state index in [1.54, 1.807) is 0 Å². The summed E-state index contributed by atoms with van der Waals surface area (Å²) in [5, 5.41) is 5.90. The van der Waals surface area contributed by atoms with Gasteiger partial charge in [0.1, 0.15) is 0 Å². The van der Waals surface area contributed by atoms with Crippen LogP contribution in [0.3, 0.4) is 0 Å². The summed E-state index contributed by atoms with van der Waals surface area (Å²) < 4.78 is 2.41. The number of hydrogen-bond donors (Lipinski definition) is 2. The van der Waals surface area contributed by atoms with Crippen molar-refractivity contribution in [2.24, 2.45) is 5.73 Å². The monoisotopic (exact) mass is 373 g/mol. The molecule has 3 N–H and O–H groups in total. The number of fused-ring (bicyclic) bond motifs is 3. The van der Waals surface area contributed by atoms with Gasteiger partial charge in [0.05, 0.1) is 10.0 Å². The van der Waals surface area contributed by atoms with E-state index >= 15 is 0 Å². The van der Waals surface area contributed by atoms with E-state index in [1.165, 1.54) is 35.0 Å². The highest BCUT2D eigenvalue weighted by Crippen LogP contribution is 2.35. The lowest BCUT2D eigenvalue weighted by Crippen LogP contribution is -2.14. The van der Waals surface area contributed by atoms with Crippen LogP contribution in [-0.2, 0) is 19.4 Å². The lowest BCUT2D eigenvalue weighted by molar-refractivity contribution is 0.617. The number of nitrogens with zero attached hydrogens (tertiary/aromatic N) is 1. The highest BCUT2D eigenvalue weighted by molar-refractivity contribution is 6.42. The normalized spacial score (nSPS) is 13.9. The van der Waals surface area contributed by atoms with Crippen LogP contribution >= 0.6 is 23.2 Å². The van der Waals surface area contributed by atoms with Crippen LogP contribution in [0, 0.1) is 0 Å². The third kappa shape index (κ3) is 3.12. The molecule has 25 heavy (non-hydrogen) atoms. The van der Waals surface area contributed by atoms with Gasteiger partial charge < -0.3 is 15.6 Å². The molecule has 0 saturated carbocycles. The minimum absolute atomic E-state index is 0.555. The maximum Gasteiger partial charge on any atom is 0.0612 e. The van der Waals surface area contributed by atoms with E-state index in [1.807, 2.05) is 18.2 Å². The highest BCUT2D eigenvalue weighted by Gasteiger charge is 2.19. The average Bonchev–Trinajstić information content (AvgIpc) is 2.93. The topological polar surface area (TPSA) is 43.0 Å². The zero-order chi connectivity index (χ0) is 17.4. The van der Waals surface area contributed by atoms with Crippen molar-refractivity contribution < 1.29 is 0 Å². The van der Waals surface area contributed by atoms with Gasteiger partial charge in [0.25, 0.3) is 0 Å². The first kappa shape index (κ1) is 16.8. The maximum atomic E-state index is 6.12. The fourth-order valence-corrected chi connectivity index (χ4v) is 4.14. The van der Waals surface area contributed by atoms with Crippen molar-refractivity contribution in [3.63, 3.8) is 0 Å². The predicted molar refractivity (Wildman–Crippen MR) is 107 cm³/mol. The number of anilines is 2. The summed E-state index contributed by atoms with van der Waals surface area (Å²) >= 11 is 12.1. The summed E-state index contributed by atoms with van der Waals surface area (Å²) in [5.41, 5.74) is 12.1. The molecular weight excluding hydrogens is 353 g/mol. The van der Waals surface area contributed by atoms with E-state index in [2.05, 4.69) is 28.1 Å². The van der Waals surface area contributed by atoms with Crippen LogP contribution in [0.1, 0.15) is 24.1 Å². The molecule has 0 fully saturated rings. The predicted octanol–water partition coefficient (Wildman–Crippen LogP) is 5.53. The Morgan fingerprint density at radius 3 is 2.52 bits per heavy atom. The molecule has 1 aliphatic carbocycles. The number of nitrogens with one attached hydrogen (secondary N) is 1. The summed E-state index contributed by atoms with van der Waals surface area (Å²) in [7, 11) is 0. The van der Waals surface area contributed by atoms with Crippen LogP contribution in [-0.4, -0.2) is 11.1 Å². The summed E-state index contributed by atoms with van der Waals surface area (Å²) in [6.07, 6.45) is 4.83. The minimum Gasteiger partial charge on any atom is -0.355 e. The Hall–Kier alpha value is -1.68. The zero-order valence-electron chi connectivity index (χ0n) is 14.0. The third-order valence-electron chi connectivity index (χ3n) is 4.94. The third-order valence-corrected chi connectivity index (χ3v) is 5.68. The fourth-order valence-electron chi connectivity index (χ4n) is 3.84. The molecule has 1 aromatic heterocycles. The van der Waals surface area contributed by atoms with Gasteiger partial charge in [-0.3, -0.25) is 0 Å². The number of aromatic nitrogens is 1. The molecular formula is C20H21Cl2N3. The Bertz CT molecular complexity index is 930. The lowest BCUT2D eigenvalue weighted by Gasteiger charge is -2.15. The molecule has 130 valence electrons. The Morgan fingerprint density at radius 1 is 0.960 bits per heavy atom. The molecule has 5 heteroatoms. The lowest BCUT2D eigenvalue weighted by atomic mass is 9.95. The van der Waals surface area contributed by atoms with Crippen molar-refractivity contribution in [2.75, 3.05) is 11.9 Å². The van der Waals surface area contributed by atoms with Crippen LogP contribution in [0.25, 0.3) is 10.9 Å². The average molecular weight is 374 g/mol. The van der Waals surface area contributed by atoms with Gasteiger partial charge in [-0.2, -0.15) is 0 Å². The first-order valence-electron chi connectivity index (χ1n) is 8.73. The maximum absolute atomic E-state index is 6.12. The molecule has 1 heterocycles. The van der Waals surface area contributed by atoms with E-state index in [0.29, 0.717) is 16.6 Å². The van der Waals surface area contributed by atoms with Gasteiger partial charge in [0, 0.05) is 41.1 Å². The number of benzene rings is 2. The second-order valence-corrected chi connectivity index (χ2v) is 7.37. The largest absolute Gasteiger partial charge is 0.355 e. The Morgan fingerprint density at radius 2 is 1.72 bits per heavy atom. The number of rotatable bonds is 4. The minimum atomic E-state index is 0.555. The SMILES string of the molecule is NCCn1c2c(c3cc(Nc4ccc(Cl)c(Cl)c4)ccc31)CCCC2. The summed E-state index contributed by atoms with van der Waals surface area (Å²) in [6.45, 7) is 1.55. The van der Waals surface area contributed by atoms with Gasteiger partial charge in [-0.1, -0.05) is 23.2 Å². The molecule has 0 saturated heterocycles. The van der Waals surface area contributed by atoms with Crippen molar-refractivity contribution in [3.8, 4) is 0 Å². The van der Waals surface area contributed by atoms with Gasteiger partial charge in [0.2, 0.25) is 0 Å². The quantitative estimate of drug-likeness (QED) is 0.631. The number of aryl methyl sites for hydroxylation is 1. The standard InChI is InChI=1S/C20H21Cl2N3/c21-17-7-5-14(12-18(17)22)24-13-6-8-20-16(11-13)15-3-1-2-4-19(15)25(20)10-9-23/h5-8,11-12,24H,1-4,9-10,23H2. The second kappa shape index (κ2) is 6.91.